The molecule has 1 aliphatic carbocycles. The molecular formula is C19H13Cl6FN2O3S2. The van der Waals surface area contributed by atoms with E-state index >= 15 is 0 Å². The van der Waals surface area contributed by atoms with E-state index in [2.05, 4.69) is 0 Å². The Morgan fingerprint density at radius 1 is 1.12 bits per heavy atom. The summed E-state index contributed by atoms with van der Waals surface area (Å²) in [6, 6.07) is 4.77. The van der Waals surface area contributed by atoms with Crippen molar-refractivity contribution in [3.05, 3.63) is 47.0 Å². The van der Waals surface area contributed by atoms with Gasteiger partial charge in [-0.1, -0.05) is 70.3 Å². The predicted molar refractivity (Wildman–Crippen MR) is 135 cm³/mol. The standard InChI is InChI=1S/C10H9Cl4NO2S.C9H4Cl2FNOS/c11-9(12)10(13,14)18-15-7(16)5-3-1-2-4-6(5)8(15)17;10-7(11)4-2-1-3-5-6(4)8(14)13(12)9(5)15/h1,3,5-6,9H,2,4H2;1-3,7H. The van der Waals surface area contributed by atoms with E-state index in [9.17, 15) is 18.9 Å². The Hall–Kier alpha value is -0.320. The largest absolute Gasteiger partial charge is 0.288 e. The zero-order chi connectivity index (χ0) is 24.7. The summed E-state index contributed by atoms with van der Waals surface area (Å²) in [7, 11) is 0. The molecule has 178 valence electrons. The lowest BCUT2D eigenvalue weighted by Gasteiger charge is -2.24. The first-order valence-corrected chi connectivity index (χ1v) is 12.9. The van der Waals surface area contributed by atoms with Crippen LogP contribution in [0.2, 0.25) is 0 Å². The molecule has 1 saturated heterocycles. The first-order valence-electron chi connectivity index (χ1n) is 9.23. The van der Waals surface area contributed by atoms with Crippen LogP contribution in [-0.2, 0) is 9.59 Å². The summed E-state index contributed by atoms with van der Waals surface area (Å²) in [4.78, 5) is 33.5. The van der Waals surface area contributed by atoms with Crippen molar-refractivity contribution in [1.82, 2.24) is 9.43 Å². The molecule has 3 aliphatic rings. The highest BCUT2D eigenvalue weighted by atomic mass is 35.5. The molecule has 1 aromatic rings. The first-order chi connectivity index (χ1) is 15.4. The number of hydrogen-bond acceptors (Lipinski definition) is 5. The number of fused-ring (bicyclic) bond motifs is 2. The Labute approximate surface area is 228 Å². The number of thiocarbonyl (C=S) groups is 1. The van der Waals surface area contributed by atoms with E-state index in [1.807, 2.05) is 6.08 Å². The molecule has 0 spiro atoms. The zero-order valence-corrected chi connectivity index (χ0v) is 22.4. The van der Waals surface area contributed by atoms with Crippen LogP contribution in [0.4, 0.5) is 4.48 Å². The average molecular weight is 613 g/mol. The number of halogens is 7. The highest BCUT2D eigenvalue weighted by molar-refractivity contribution is 8.02. The molecule has 14 heteroatoms. The number of benzene rings is 1. The van der Waals surface area contributed by atoms with Gasteiger partial charge in [0.15, 0.2) is 4.84 Å². The molecule has 3 amide bonds. The Kier molecular flexibility index (Phi) is 8.88. The van der Waals surface area contributed by atoms with E-state index in [1.165, 1.54) is 0 Å². The second-order valence-corrected chi connectivity index (χ2v) is 12.6. The van der Waals surface area contributed by atoms with Crippen LogP contribution < -0.4 is 0 Å². The van der Waals surface area contributed by atoms with Gasteiger partial charge in [-0.05, 0) is 18.4 Å². The number of hydrogen-bond donors (Lipinski definition) is 0. The van der Waals surface area contributed by atoms with Crippen LogP contribution in [0.15, 0.2) is 30.4 Å². The lowest BCUT2D eigenvalue weighted by Crippen LogP contribution is -2.31. The van der Waals surface area contributed by atoms with Crippen molar-refractivity contribution < 1.29 is 18.9 Å². The first kappa shape index (κ1) is 27.3. The van der Waals surface area contributed by atoms with Gasteiger partial charge in [0.1, 0.15) is 9.82 Å². The smallest absolute Gasteiger partial charge is 0.273 e. The molecule has 4 rings (SSSR count). The number of nitrogens with zero attached hydrogens (tertiary/aromatic N) is 2. The molecule has 0 aromatic heterocycles. The van der Waals surface area contributed by atoms with Gasteiger partial charge < -0.3 is 0 Å². The van der Waals surface area contributed by atoms with E-state index in [0.29, 0.717) is 29.5 Å². The Bertz CT molecular complexity index is 1040. The average Bonchev–Trinajstić information content (AvgIpc) is 3.14. The van der Waals surface area contributed by atoms with Crippen molar-refractivity contribution in [2.75, 3.05) is 0 Å². The molecule has 2 atom stereocenters. The third-order valence-corrected chi connectivity index (χ3v) is 9.11. The fourth-order valence-electron chi connectivity index (χ4n) is 3.47. The number of rotatable bonds is 4. The Balaban J connectivity index is 0.000000189. The summed E-state index contributed by atoms with van der Waals surface area (Å²) in [6.45, 7) is 0. The van der Waals surface area contributed by atoms with Crippen LogP contribution >= 0.6 is 93.8 Å². The highest BCUT2D eigenvalue weighted by Gasteiger charge is 2.51. The van der Waals surface area contributed by atoms with Gasteiger partial charge in [-0.25, -0.2) is 4.31 Å². The zero-order valence-electron chi connectivity index (χ0n) is 16.2. The number of carbonyl (C=O) groups excluding carboxylic acids is 3. The molecule has 2 heterocycles. The third kappa shape index (κ3) is 5.43. The number of imide groups is 1. The Morgan fingerprint density at radius 3 is 2.36 bits per heavy atom. The van der Waals surface area contributed by atoms with Crippen molar-refractivity contribution in [3.8, 4) is 0 Å². The topological polar surface area (TPSA) is 57.7 Å². The molecule has 33 heavy (non-hydrogen) atoms. The third-order valence-electron chi connectivity index (χ3n) is 5.02. The number of alkyl halides is 6. The molecule has 2 unspecified atom stereocenters. The minimum absolute atomic E-state index is 0.0698. The quantitative estimate of drug-likeness (QED) is 0.0946. The van der Waals surface area contributed by atoms with Crippen molar-refractivity contribution >= 4 is 116 Å². The van der Waals surface area contributed by atoms with Crippen LogP contribution in [0.5, 0.6) is 0 Å². The van der Waals surface area contributed by atoms with Gasteiger partial charge in [0, 0.05) is 17.5 Å². The summed E-state index contributed by atoms with van der Waals surface area (Å²) in [5.74, 6) is -2.13. The fraction of sp³-hybridized carbons (Fsp3) is 0.368. The van der Waals surface area contributed by atoms with Crippen LogP contribution in [0, 0.1) is 11.8 Å². The summed E-state index contributed by atoms with van der Waals surface area (Å²) < 4.78 is 12.6. The second kappa shape index (κ2) is 10.7. The normalized spacial score (nSPS) is 22.2. The van der Waals surface area contributed by atoms with E-state index in [1.54, 1.807) is 24.3 Å². The Morgan fingerprint density at radius 2 is 1.79 bits per heavy atom. The van der Waals surface area contributed by atoms with Crippen molar-refractivity contribution in [2.45, 2.75) is 26.2 Å². The molecule has 0 saturated carbocycles. The van der Waals surface area contributed by atoms with Gasteiger partial charge in [0.25, 0.3) is 5.91 Å². The maximum Gasteiger partial charge on any atom is 0.288 e. The molecule has 1 aromatic carbocycles. The second-order valence-electron chi connectivity index (χ2n) is 7.02. The summed E-state index contributed by atoms with van der Waals surface area (Å²) in [5, 5.41) is -0.0698. The van der Waals surface area contributed by atoms with Gasteiger partial charge in [-0.15, -0.1) is 51.5 Å². The van der Waals surface area contributed by atoms with E-state index in [4.69, 9.17) is 81.8 Å². The highest BCUT2D eigenvalue weighted by Crippen LogP contribution is 2.48. The molecule has 0 bridgehead atoms. The fourth-order valence-corrected chi connectivity index (χ4v) is 5.50. The minimum atomic E-state index is -1.63. The van der Waals surface area contributed by atoms with E-state index in [0.717, 1.165) is 10.7 Å². The lowest BCUT2D eigenvalue weighted by molar-refractivity contribution is -0.133. The molecule has 5 nitrogen and oxygen atoms in total. The SMILES string of the molecule is O=C1C2C=CCCC2C(=O)N1SC(Cl)(Cl)C(Cl)Cl.O=C1c2c(cccc2C(Cl)Cl)C(=S)N1F. The number of allylic oxidation sites excluding steroid dienone is 1. The van der Waals surface area contributed by atoms with Crippen molar-refractivity contribution in [3.63, 3.8) is 0 Å². The van der Waals surface area contributed by atoms with Crippen molar-refractivity contribution in [1.29, 1.82) is 0 Å². The summed E-state index contributed by atoms with van der Waals surface area (Å²) in [5.41, 5.74) is 0.893. The van der Waals surface area contributed by atoms with Crippen LogP contribution in [0.1, 0.15) is 39.2 Å². The van der Waals surface area contributed by atoms with Gasteiger partial charge >= 0.3 is 0 Å². The number of carbonyl (C=O) groups is 3. The molecular weight excluding hydrogens is 600 g/mol. The summed E-state index contributed by atoms with van der Waals surface area (Å²) in [6.07, 6.45) is 5.11. The molecule has 0 radical (unpaired) electrons. The molecule has 1 fully saturated rings. The minimum Gasteiger partial charge on any atom is -0.273 e. The molecule has 0 N–H and O–H groups in total. The summed E-state index contributed by atoms with van der Waals surface area (Å²) >= 11 is 39.8. The van der Waals surface area contributed by atoms with Crippen LogP contribution in [0.25, 0.3) is 0 Å². The van der Waals surface area contributed by atoms with Crippen molar-refractivity contribution in [2.24, 2.45) is 11.8 Å². The van der Waals surface area contributed by atoms with Gasteiger partial charge in [0.05, 0.1) is 17.4 Å². The maximum absolute atomic E-state index is 13.2. The molecule has 2 aliphatic heterocycles. The van der Waals surface area contributed by atoms with Crippen LogP contribution in [-0.4, -0.2) is 40.6 Å². The lowest BCUT2D eigenvalue weighted by atomic mass is 9.86. The number of amides is 3. The van der Waals surface area contributed by atoms with E-state index in [-0.39, 0.29) is 33.4 Å². The maximum atomic E-state index is 13.2. The van der Waals surface area contributed by atoms with Crippen LogP contribution in [0.3, 0.4) is 0 Å². The van der Waals surface area contributed by atoms with E-state index < -0.39 is 25.2 Å². The van der Waals surface area contributed by atoms with Gasteiger partial charge in [-0.2, -0.15) is 0 Å². The monoisotopic (exact) mass is 610 g/mol. The van der Waals surface area contributed by atoms with Gasteiger partial charge in [-0.3, -0.25) is 14.4 Å². The predicted octanol–water partition coefficient (Wildman–Crippen LogP) is 6.70. The van der Waals surface area contributed by atoms with Gasteiger partial charge in [0.2, 0.25) is 15.5 Å².